The van der Waals surface area contributed by atoms with E-state index in [0.29, 0.717) is 26.1 Å². The maximum Gasteiger partial charge on any atom is 0.484 e. The first kappa shape index (κ1) is 53.5. The smallest absolute Gasteiger partial charge is 0.463 e. The molecular formula is C50H59N6O8S2+. The van der Waals surface area contributed by atoms with Gasteiger partial charge >= 0.3 is 11.9 Å². The molecule has 16 heteroatoms. The highest BCUT2D eigenvalue weighted by Crippen LogP contribution is 2.23. The fraction of sp³-hybridized carbons (Fsp3) is 0.240. The Kier molecular flexibility index (Phi) is 24.0. The molecule has 0 spiro atoms. The van der Waals surface area contributed by atoms with E-state index in [2.05, 4.69) is 52.3 Å². The summed E-state index contributed by atoms with van der Waals surface area (Å²) in [5, 5.41) is 0. The second kappa shape index (κ2) is 29.6. The van der Waals surface area contributed by atoms with Crippen LogP contribution in [0.15, 0.2) is 175 Å². The summed E-state index contributed by atoms with van der Waals surface area (Å²) < 4.78 is 64.6. The van der Waals surface area contributed by atoms with Crippen LogP contribution in [-0.2, 0) is 39.1 Å². The van der Waals surface area contributed by atoms with Gasteiger partial charge in [0.15, 0.2) is 0 Å². The molecular weight excluding hydrogens is 877 g/mol. The van der Waals surface area contributed by atoms with E-state index in [1.165, 1.54) is 60.7 Å². The average Bonchev–Trinajstić information content (AvgIpc) is 3.36. The number of ether oxygens (including phenoxy) is 2. The fourth-order valence-electron chi connectivity index (χ4n) is 6.02. The molecule has 2 aromatic carbocycles. The SMILES string of the molecule is CC.CCOC(=O)/C=C/c1cccc(-c2cccnc2)c1.O=S(=O)(N[C@@H]1CCCC[C@H]1NS(=O)(=O)c1cccnc1)c1cccnc1.[3HH].[CH+]=CC(=O)OCC.c1ccc(-c2cccnc2)cc1. The third kappa shape index (κ3) is 19.1. The Bertz CT molecular complexity index is 2460. The van der Waals surface area contributed by atoms with Crippen LogP contribution in [0.3, 0.4) is 0 Å². The lowest BCUT2D eigenvalue weighted by molar-refractivity contribution is -0.138. The van der Waals surface area contributed by atoms with Crippen LogP contribution >= 0.6 is 0 Å². The van der Waals surface area contributed by atoms with Crippen molar-refractivity contribution in [1.29, 1.82) is 0 Å². The van der Waals surface area contributed by atoms with Crippen molar-refractivity contribution in [1.82, 2.24) is 29.4 Å². The summed E-state index contributed by atoms with van der Waals surface area (Å²) in [4.78, 5) is 37.2. The third-order valence-electron chi connectivity index (χ3n) is 9.04. The van der Waals surface area contributed by atoms with E-state index in [9.17, 15) is 26.4 Å². The van der Waals surface area contributed by atoms with Gasteiger partial charge in [0, 0.05) is 74.7 Å². The number of hydrogen-bond donors (Lipinski definition) is 2. The van der Waals surface area contributed by atoms with Gasteiger partial charge in [-0.3, -0.25) is 19.9 Å². The number of nitrogens with zero attached hydrogens (tertiary/aromatic N) is 4. The van der Waals surface area contributed by atoms with E-state index in [1.807, 2.05) is 86.9 Å². The number of benzene rings is 2. The first-order valence-corrected chi connectivity index (χ1v) is 24.3. The number of aromatic nitrogens is 4. The van der Waals surface area contributed by atoms with E-state index < -0.39 is 38.1 Å². The van der Waals surface area contributed by atoms with E-state index >= 15 is 0 Å². The second-order valence-electron chi connectivity index (χ2n) is 13.6. The lowest BCUT2D eigenvalue weighted by Gasteiger charge is -2.32. The molecule has 1 saturated carbocycles. The number of rotatable bonds is 13. The molecule has 0 bridgehead atoms. The van der Waals surface area contributed by atoms with Gasteiger partial charge in [0.05, 0.1) is 13.2 Å². The van der Waals surface area contributed by atoms with Gasteiger partial charge in [-0.25, -0.2) is 31.1 Å². The molecule has 1 aliphatic carbocycles. The summed E-state index contributed by atoms with van der Waals surface area (Å²) >= 11 is 0. The molecule has 4 aromatic heterocycles. The molecule has 348 valence electrons. The first-order chi connectivity index (χ1) is 32.0. The van der Waals surface area contributed by atoms with Gasteiger partial charge in [-0.1, -0.05) is 87.4 Å². The highest BCUT2D eigenvalue weighted by Gasteiger charge is 2.33. The van der Waals surface area contributed by atoms with Gasteiger partial charge in [-0.05, 0) is 97.5 Å². The predicted octanol–water partition coefficient (Wildman–Crippen LogP) is 8.93. The van der Waals surface area contributed by atoms with Crippen LogP contribution in [0, 0.1) is 6.58 Å². The summed E-state index contributed by atoms with van der Waals surface area (Å²) in [7, 11) is -7.55. The van der Waals surface area contributed by atoms with Crippen LogP contribution in [0.4, 0.5) is 0 Å². The number of esters is 2. The highest BCUT2D eigenvalue weighted by atomic mass is 32.2. The largest absolute Gasteiger partial charge is 0.484 e. The predicted molar refractivity (Wildman–Crippen MR) is 259 cm³/mol. The van der Waals surface area contributed by atoms with E-state index in [1.54, 1.807) is 32.3 Å². The minimum atomic E-state index is -3.77. The maximum absolute atomic E-state index is 12.5. The van der Waals surface area contributed by atoms with Gasteiger partial charge < -0.3 is 9.47 Å². The summed E-state index contributed by atoms with van der Waals surface area (Å²) in [6.07, 6.45) is 19.6. The lowest BCUT2D eigenvalue weighted by Crippen LogP contribution is -2.53. The van der Waals surface area contributed by atoms with Crippen LogP contribution in [0.2, 0.25) is 0 Å². The molecule has 0 saturated heterocycles. The third-order valence-corrected chi connectivity index (χ3v) is 12.0. The van der Waals surface area contributed by atoms with Crippen molar-refractivity contribution in [2.45, 2.75) is 75.3 Å². The monoisotopic (exact) mass is 937 g/mol. The van der Waals surface area contributed by atoms with Gasteiger partial charge in [-0.2, -0.15) is 0 Å². The molecule has 0 aliphatic heterocycles. The van der Waals surface area contributed by atoms with Crippen molar-refractivity contribution in [3.63, 3.8) is 0 Å². The van der Waals surface area contributed by atoms with Gasteiger partial charge in [0.25, 0.3) is 0 Å². The standard InChI is InChI=1S/C16H20N4O4S2.C16H15NO2.C11H9N.C5H7O2.C2H6.H2/c21-25(22,13-5-3-9-17-11-13)19-15-7-1-2-8-16(15)20-26(23,24)14-6-4-10-18-12-14;1-2-19-16(18)9-8-13-5-3-6-14(11-13)15-7-4-10-17-12-15;1-2-5-10(6-3-1)11-7-4-8-12-9-11;1-3-5(6)7-4-2;1-2;/h3-6,9-12,15-16,19-20H,1-2,7-8H2;3-12H,2H2,1H3;1-9H;1,3H,4H2,2H3;1-2H3;1H/q;;;+1;;/b;9-8+;;;;/t15-,16-;;;;;/m1...../s1/i;;;;;1+2. The Hall–Kier alpha value is -6.81. The number of pyridine rings is 4. The number of hydrogen-bond acceptors (Lipinski definition) is 12. The normalized spacial score (nSPS) is 14.1. The number of sulfonamides is 2. The van der Waals surface area contributed by atoms with Crippen molar-refractivity contribution >= 4 is 38.1 Å². The Balaban J connectivity index is 0.000000329. The molecule has 6 aromatic rings. The Morgan fingerprint density at radius 1 is 0.606 bits per heavy atom. The Morgan fingerprint density at radius 3 is 1.47 bits per heavy atom. The molecule has 2 N–H and O–H groups in total. The van der Waals surface area contributed by atoms with Crippen LogP contribution in [0.1, 0.15) is 60.4 Å². The van der Waals surface area contributed by atoms with Crippen LogP contribution in [0.25, 0.3) is 28.3 Å². The van der Waals surface area contributed by atoms with Gasteiger partial charge in [0.2, 0.25) is 26.1 Å². The van der Waals surface area contributed by atoms with E-state index in [-0.39, 0.29) is 17.2 Å². The zero-order valence-corrected chi connectivity index (χ0v) is 39.1. The summed E-state index contributed by atoms with van der Waals surface area (Å²) in [5.41, 5.74) is 5.45. The van der Waals surface area contributed by atoms with E-state index in [4.69, 9.17) is 11.3 Å². The molecule has 2 atom stereocenters. The maximum atomic E-state index is 12.5. The highest BCUT2D eigenvalue weighted by molar-refractivity contribution is 7.90. The van der Waals surface area contributed by atoms with Gasteiger partial charge in [-0.15, -0.1) is 4.79 Å². The quantitative estimate of drug-likeness (QED) is 0.0635. The van der Waals surface area contributed by atoms with Crippen molar-refractivity contribution in [3.05, 3.63) is 177 Å². The van der Waals surface area contributed by atoms with Gasteiger partial charge in [0.1, 0.15) is 16.4 Å². The molecule has 1 aliphatic rings. The molecule has 0 unspecified atom stereocenters. The topological polar surface area (TPSA) is 196 Å². The molecule has 1 fully saturated rings. The Labute approximate surface area is 390 Å². The zero-order chi connectivity index (χ0) is 48.0. The van der Waals surface area contributed by atoms with Crippen molar-refractivity contribution in [2.75, 3.05) is 13.2 Å². The molecule has 66 heavy (non-hydrogen) atoms. The van der Waals surface area contributed by atoms with Crippen molar-refractivity contribution in [2.24, 2.45) is 0 Å². The van der Waals surface area contributed by atoms with Crippen LogP contribution in [0.5, 0.6) is 0 Å². The first-order valence-electron chi connectivity index (χ1n) is 21.3. The summed E-state index contributed by atoms with van der Waals surface area (Å²) in [6, 6.07) is 31.0. The second-order valence-corrected chi connectivity index (χ2v) is 17.0. The summed E-state index contributed by atoms with van der Waals surface area (Å²) in [5.74, 6) is -0.795. The minimum absolute atomic E-state index is 0. The number of carbonyl (C=O) groups excluding carboxylic acids is 2. The van der Waals surface area contributed by atoms with Crippen molar-refractivity contribution < 1.29 is 37.3 Å². The van der Waals surface area contributed by atoms with E-state index in [0.717, 1.165) is 41.2 Å². The zero-order valence-electron chi connectivity index (χ0n) is 37.5. The minimum Gasteiger partial charge on any atom is -0.463 e. The molecule has 14 nitrogen and oxygen atoms in total. The lowest BCUT2D eigenvalue weighted by atomic mass is 9.92. The Morgan fingerprint density at radius 2 is 1.05 bits per heavy atom. The molecule has 0 amide bonds. The molecule has 4 heterocycles. The average molecular weight is 938 g/mol. The molecule has 7 rings (SSSR count). The van der Waals surface area contributed by atoms with Crippen molar-refractivity contribution in [3.8, 4) is 22.3 Å². The number of carbonyl (C=O) groups is 2. The molecule has 0 radical (unpaired) electrons. The van der Waals surface area contributed by atoms with Crippen LogP contribution < -0.4 is 9.44 Å². The fourth-order valence-corrected chi connectivity index (χ4v) is 8.57. The number of nitrogens with one attached hydrogen (secondary N) is 2. The summed E-state index contributed by atoms with van der Waals surface area (Å²) in [6.45, 7) is 13.0. The van der Waals surface area contributed by atoms with Crippen LogP contribution in [-0.4, -0.2) is 74.0 Å².